The molecule has 4 heteroatoms. The molecule has 130 valence electrons. The van der Waals surface area contributed by atoms with Crippen molar-refractivity contribution in [2.45, 2.75) is 12.8 Å². The lowest BCUT2D eigenvalue weighted by molar-refractivity contribution is -0.121. The normalized spacial score (nSPS) is 19.8. The zero-order chi connectivity index (χ0) is 17.1. The highest BCUT2D eigenvalue weighted by Crippen LogP contribution is 2.30. The Morgan fingerprint density at radius 1 is 1.04 bits per heavy atom. The molecule has 1 fully saturated rings. The van der Waals surface area contributed by atoms with E-state index in [9.17, 15) is 4.79 Å². The summed E-state index contributed by atoms with van der Waals surface area (Å²) in [6.45, 7) is 4.18. The van der Waals surface area contributed by atoms with Crippen LogP contribution in [0.25, 0.3) is 0 Å². The predicted molar refractivity (Wildman–Crippen MR) is 99.0 cm³/mol. The van der Waals surface area contributed by atoms with Crippen LogP contribution in [0.15, 0.2) is 54.6 Å². The van der Waals surface area contributed by atoms with Crippen molar-refractivity contribution >= 4 is 11.6 Å². The number of nitrogens with zero attached hydrogens (tertiary/aromatic N) is 2. The SMILES string of the molecule is O=C(C1CCN(CCOc2ccccc2)C1)N1CCc2ccccc21. The van der Waals surface area contributed by atoms with Gasteiger partial charge in [0.1, 0.15) is 12.4 Å². The van der Waals surface area contributed by atoms with Crippen LogP contribution >= 0.6 is 0 Å². The van der Waals surface area contributed by atoms with Crippen molar-refractivity contribution in [2.24, 2.45) is 5.92 Å². The van der Waals surface area contributed by atoms with Gasteiger partial charge in [0.05, 0.1) is 5.92 Å². The number of fused-ring (bicyclic) bond motifs is 1. The largest absolute Gasteiger partial charge is 0.492 e. The molecular formula is C21H24N2O2. The van der Waals surface area contributed by atoms with Gasteiger partial charge in [0.15, 0.2) is 0 Å². The maximum absolute atomic E-state index is 12.9. The zero-order valence-electron chi connectivity index (χ0n) is 14.4. The fraction of sp³-hybridized carbons (Fsp3) is 0.381. The van der Waals surface area contributed by atoms with Gasteiger partial charge >= 0.3 is 0 Å². The van der Waals surface area contributed by atoms with E-state index in [4.69, 9.17) is 4.74 Å². The van der Waals surface area contributed by atoms with Crippen LogP contribution in [0.5, 0.6) is 5.75 Å². The van der Waals surface area contributed by atoms with Gasteiger partial charge in [-0.2, -0.15) is 0 Å². The summed E-state index contributed by atoms with van der Waals surface area (Å²) in [5.41, 5.74) is 2.40. The highest BCUT2D eigenvalue weighted by Gasteiger charge is 2.34. The van der Waals surface area contributed by atoms with Gasteiger partial charge in [0.25, 0.3) is 0 Å². The molecule has 1 saturated heterocycles. The fourth-order valence-corrected chi connectivity index (χ4v) is 3.83. The number of para-hydroxylation sites is 2. The Bertz CT molecular complexity index is 732. The van der Waals surface area contributed by atoms with Crippen LogP contribution in [0, 0.1) is 5.92 Å². The molecule has 4 nitrogen and oxygen atoms in total. The van der Waals surface area contributed by atoms with Crippen LogP contribution in [-0.2, 0) is 11.2 Å². The molecule has 2 aliphatic heterocycles. The van der Waals surface area contributed by atoms with Gasteiger partial charge in [0, 0.05) is 25.3 Å². The summed E-state index contributed by atoms with van der Waals surface area (Å²) < 4.78 is 5.77. The molecular weight excluding hydrogens is 312 g/mol. The second kappa shape index (κ2) is 7.28. The lowest BCUT2D eigenvalue weighted by atomic mass is 10.1. The molecule has 0 radical (unpaired) electrons. The van der Waals surface area contributed by atoms with E-state index < -0.39 is 0 Å². The lowest BCUT2D eigenvalue weighted by Crippen LogP contribution is -2.36. The minimum Gasteiger partial charge on any atom is -0.492 e. The first-order chi connectivity index (χ1) is 12.3. The summed E-state index contributed by atoms with van der Waals surface area (Å²) in [7, 11) is 0. The molecule has 1 unspecified atom stereocenters. The van der Waals surface area contributed by atoms with Crippen LogP contribution in [0.3, 0.4) is 0 Å². The minimum absolute atomic E-state index is 0.114. The maximum atomic E-state index is 12.9. The third-order valence-electron chi connectivity index (χ3n) is 5.19. The van der Waals surface area contributed by atoms with Gasteiger partial charge in [-0.3, -0.25) is 9.69 Å². The van der Waals surface area contributed by atoms with Crippen molar-refractivity contribution in [3.05, 3.63) is 60.2 Å². The van der Waals surface area contributed by atoms with Gasteiger partial charge < -0.3 is 9.64 Å². The quantitative estimate of drug-likeness (QED) is 0.841. The fourth-order valence-electron chi connectivity index (χ4n) is 3.83. The lowest BCUT2D eigenvalue weighted by Gasteiger charge is -2.22. The summed E-state index contributed by atoms with van der Waals surface area (Å²) in [5.74, 6) is 1.31. The Morgan fingerprint density at radius 2 is 1.84 bits per heavy atom. The highest BCUT2D eigenvalue weighted by atomic mass is 16.5. The van der Waals surface area contributed by atoms with E-state index in [-0.39, 0.29) is 11.8 Å². The Kier molecular flexibility index (Phi) is 4.70. The molecule has 0 bridgehead atoms. The number of hydrogen-bond donors (Lipinski definition) is 0. The summed E-state index contributed by atoms with van der Waals surface area (Å²) in [4.78, 5) is 17.2. The van der Waals surface area contributed by atoms with Crippen LogP contribution in [0.2, 0.25) is 0 Å². The smallest absolute Gasteiger partial charge is 0.231 e. The van der Waals surface area contributed by atoms with Gasteiger partial charge in [0.2, 0.25) is 5.91 Å². The molecule has 25 heavy (non-hydrogen) atoms. The Hall–Kier alpha value is -2.33. The van der Waals surface area contributed by atoms with Crippen molar-refractivity contribution in [3.8, 4) is 5.75 Å². The van der Waals surface area contributed by atoms with E-state index in [2.05, 4.69) is 23.1 Å². The number of carbonyl (C=O) groups is 1. The van der Waals surface area contributed by atoms with Crippen LogP contribution < -0.4 is 9.64 Å². The molecule has 0 spiro atoms. The second-order valence-electron chi connectivity index (χ2n) is 6.82. The molecule has 0 aromatic heterocycles. The van der Waals surface area contributed by atoms with E-state index in [0.717, 1.165) is 50.5 Å². The van der Waals surface area contributed by atoms with Gasteiger partial charge in [-0.25, -0.2) is 0 Å². The van der Waals surface area contributed by atoms with Crippen molar-refractivity contribution in [2.75, 3.05) is 37.7 Å². The second-order valence-corrected chi connectivity index (χ2v) is 6.82. The number of hydrogen-bond acceptors (Lipinski definition) is 3. The molecule has 1 amide bonds. The van der Waals surface area contributed by atoms with Crippen LogP contribution in [-0.4, -0.2) is 43.6 Å². The van der Waals surface area contributed by atoms with Gasteiger partial charge in [-0.1, -0.05) is 36.4 Å². The highest BCUT2D eigenvalue weighted by molar-refractivity contribution is 5.97. The number of likely N-dealkylation sites (tertiary alicyclic amines) is 1. The molecule has 2 heterocycles. The van der Waals surface area contributed by atoms with Crippen molar-refractivity contribution in [1.29, 1.82) is 0 Å². The van der Waals surface area contributed by atoms with Crippen LogP contribution in [0.4, 0.5) is 5.69 Å². The molecule has 2 aliphatic rings. The molecule has 0 N–H and O–H groups in total. The predicted octanol–water partition coefficient (Wildman–Crippen LogP) is 2.98. The third kappa shape index (κ3) is 3.54. The molecule has 0 saturated carbocycles. The Balaban J connectivity index is 1.28. The summed E-state index contributed by atoms with van der Waals surface area (Å²) in [5, 5.41) is 0. The standard InChI is InChI=1S/C21H24N2O2/c24-21(23-13-11-17-6-4-5-9-20(17)23)18-10-12-22(16-18)14-15-25-19-7-2-1-3-8-19/h1-9,18H,10-16H2. The van der Waals surface area contributed by atoms with Crippen molar-refractivity contribution in [1.82, 2.24) is 4.90 Å². The minimum atomic E-state index is 0.114. The van der Waals surface area contributed by atoms with Gasteiger partial charge in [-0.05, 0) is 43.1 Å². The molecule has 0 aliphatic carbocycles. The third-order valence-corrected chi connectivity index (χ3v) is 5.19. The van der Waals surface area contributed by atoms with E-state index in [1.165, 1.54) is 5.56 Å². The number of rotatable bonds is 5. The average molecular weight is 336 g/mol. The Morgan fingerprint density at radius 3 is 2.72 bits per heavy atom. The first-order valence-corrected chi connectivity index (χ1v) is 9.11. The number of amides is 1. The number of ether oxygens (including phenoxy) is 1. The van der Waals surface area contributed by atoms with Crippen molar-refractivity contribution in [3.63, 3.8) is 0 Å². The summed E-state index contributed by atoms with van der Waals surface area (Å²) >= 11 is 0. The topological polar surface area (TPSA) is 32.8 Å². The van der Waals surface area contributed by atoms with Gasteiger partial charge in [-0.15, -0.1) is 0 Å². The summed E-state index contributed by atoms with van der Waals surface area (Å²) in [6.07, 6.45) is 1.92. The molecule has 2 aromatic carbocycles. The maximum Gasteiger partial charge on any atom is 0.231 e. The average Bonchev–Trinajstić information content (AvgIpc) is 3.29. The van der Waals surface area contributed by atoms with E-state index >= 15 is 0 Å². The zero-order valence-corrected chi connectivity index (χ0v) is 14.4. The van der Waals surface area contributed by atoms with E-state index in [1.54, 1.807) is 0 Å². The Labute approximate surface area is 149 Å². The van der Waals surface area contributed by atoms with Crippen LogP contribution in [0.1, 0.15) is 12.0 Å². The number of anilines is 1. The first kappa shape index (κ1) is 16.2. The molecule has 4 rings (SSSR count). The number of carbonyl (C=O) groups excluding carboxylic acids is 1. The van der Waals surface area contributed by atoms with Crippen molar-refractivity contribution < 1.29 is 9.53 Å². The van der Waals surface area contributed by atoms with E-state index in [0.29, 0.717) is 6.61 Å². The first-order valence-electron chi connectivity index (χ1n) is 9.11. The molecule has 1 atom stereocenters. The van der Waals surface area contributed by atoms with E-state index in [1.807, 2.05) is 41.3 Å². The molecule has 2 aromatic rings. The monoisotopic (exact) mass is 336 g/mol. The summed E-state index contributed by atoms with van der Waals surface area (Å²) in [6, 6.07) is 18.2. The number of benzene rings is 2.